The highest BCUT2D eigenvalue weighted by molar-refractivity contribution is 5.93. The monoisotopic (exact) mass is 317 g/mol. The van der Waals surface area contributed by atoms with Crippen molar-refractivity contribution in [1.82, 2.24) is 4.90 Å². The summed E-state index contributed by atoms with van der Waals surface area (Å²) in [4.78, 5) is 27.4. The minimum absolute atomic E-state index is 0.133. The molecular weight excluding hydrogens is 294 g/mol. The van der Waals surface area contributed by atoms with Crippen molar-refractivity contribution in [2.24, 2.45) is 5.41 Å². The summed E-state index contributed by atoms with van der Waals surface area (Å²) in [6, 6.07) is 7.33. The van der Waals surface area contributed by atoms with Gasteiger partial charge in [0.1, 0.15) is 6.61 Å². The summed E-state index contributed by atoms with van der Waals surface area (Å²) in [7, 11) is 1.82. The molecule has 1 atom stereocenters. The van der Waals surface area contributed by atoms with E-state index in [4.69, 9.17) is 4.74 Å². The number of nitrogens with zero attached hydrogens (tertiary/aromatic N) is 2. The van der Waals surface area contributed by atoms with Crippen LogP contribution in [-0.4, -0.2) is 43.3 Å². The molecule has 1 aromatic rings. The van der Waals surface area contributed by atoms with E-state index in [1.54, 1.807) is 15.9 Å². The first-order chi connectivity index (χ1) is 10.9. The predicted octanol–water partition coefficient (Wildman–Crippen LogP) is 3.30. The average Bonchev–Trinajstić information content (AvgIpc) is 3.14. The Morgan fingerprint density at radius 1 is 1.43 bits per heavy atom. The maximum absolute atomic E-state index is 12.4. The molecule has 3 rings (SSSR count). The van der Waals surface area contributed by atoms with E-state index in [9.17, 15) is 9.59 Å². The smallest absolute Gasteiger partial charge is 0.414 e. The summed E-state index contributed by atoms with van der Waals surface area (Å²) in [5.41, 5.74) is 1.65. The molecule has 0 unspecified atom stereocenters. The summed E-state index contributed by atoms with van der Waals surface area (Å²) < 4.78 is 4.95. The van der Waals surface area contributed by atoms with Crippen LogP contribution in [0.2, 0.25) is 0 Å². The first-order valence-corrected chi connectivity index (χ1v) is 7.99. The standard InChI is InChI=1S/C17H23N3O3/c1-12(17(2)7-8-17)19(3)15(21)18-13-5-4-6-14(11-13)20-9-10-23-16(20)22/h4-6,11-12H,7-10H2,1-3H3,(H,18,21)/t12-/m1/s1. The number of nitrogens with one attached hydrogen (secondary N) is 1. The normalized spacial score (nSPS) is 20.0. The molecule has 1 saturated carbocycles. The fourth-order valence-corrected chi connectivity index (χ4v) is 2.85. The van der Waals surface area contributed by atoms with Gasteiger partial charge in [0.15, 0.2) is 0 Å². The second-order valence-electron chi connectivity index (χ2n) is 6.69. The third-order valence-corrected chi connectivity index (χ3v) is 5.12. The molecule has 1 aromatic carbocycles. The van der Waals surface area contributed by atoms with Gasteiger partial charge in [0, 0.05) is 24.5 Å². The Bertz CT molecular complexity index is 627. The van der Waals surface area contributed by atoms with Crippen molar-refractivity contribution in [2.75, 3.05) is 30.4 Å². The molecule has 2 fully saturated rings. The Morgan fingerprint density at radius 3 is 2.78 bits per heavy atom. The molecule has 124 valence electrons. The van der Waals surface area contributed by atoms with Crippen LogP contribution in [-0.2, 0) is 4.74 Å². The molecule has 0 aromatic heterocycles. The van der Waals surface area contributed by atoms with Crippen molar-refractivity contribution in [2.45, 2.75) is 32.7 Å². The van der Waals surface area contributed by atoms with Gasteiger partial charge >= 0.3 is 12.1 Å². The molecule has 1 aliphatic carbocycles. The maximum atomic E-state index is 12.4. The van der Waals surface area contributed by atoms with Crippen LogP contribution in [0.25, 0.3) is 0 Å². The highest BCUT2D eigenvalue weighted by Gasteiger charge is 2.45. The van der Waals surface area contributed by atoms with Gasteiger partial charge in [0.2, 0.25) is 0 Å². The van der Waals surface area contributed by atoms with Gasteiger partial charge in [-0.2, -0.15) is 0 Å². The summed E-state index contributed by atoms with van der Waals surface area (Å²) in [6.07, 6.45) is 1.98. The fourth-order valence-electron chi connectivity index (χ4n) is 2.85. The van der Waals surface area contributed by atoms with Crippen molar-refractivity contribution in [3.8, 4) is 0 Å². The molecule has 0 spiro atoms. The van der Waals surface area contributed by atoms with Gasteiger partial charge in [-0.3, -0.25) is 4.90 Å². The van der Waals surface area contributed by atoms with Crippen molar-refractivity contribution in [3.63, 3.8) is 0 Å². The lowest BCUT2D eigenvalue weighted by atomic mass is 10.00. The molecule has 6 nitrogen and oxygen atoms in total. The lowest BCUT2D eigenvalue weighted by Crippen LogP contribution is -2.42. The summed E-state index contributed by atoms with van der Waals surface area (Å²) in [5, 5.41) is 2.91. The van der Waals surface area contributed by atoms with E-state index in [0.717, 1.165) is 5.69 Å². The Kier molecular flexibility index (Phi) is 3.92. The molecule has 1 saturated heterocycles. The van der Waals surface area contributed by atoms with Crippen molar-refractivity contribution < 1.29 is 14.3 Å². The van der Waals surface area contributed by atoms with E-state index in [1.807, 2.05) is 25.2 Å². The van der Waals surface area contributed by atoms with Crippen LogP contribution < -0.4 is 10.2 Å². The third-order valence-electron chi connectivity index (χ3n) is 5.12. The van der Waals surface area contributed by atoms with Gasteiger partial charge in [-0.05, 0) is 43.4 Å². The number of amides is 3. The lowest BCUT2D eigenvalue weighted by molar-refractivity contribution is 0.181. The van der Waals surface area contributed by atoms with Crippen LogP contribution in [0.15, 0.2) is 24.3 Å². The number of hydrogen-bond acceptors (Lipinski definition) is 3. The number of carbonyl (C=O) groups excluding carboxylic acids is 2. The number of anilines is 2. The topological polar surface area (TPSA) is 61.9 Å². The number of hydrogen-bond donors (Lipinski definition) is 1. The molecule has 2 aliphatic rings. The maximum Gasteiger partial charge on any atom is 0.414 e. The number of carbonyl (C=O) groups is 2. The number of cyclic esters (lactones) is 1. The van der Waals surface area contributed by atoms with E-state index in [0.29, 0.717) is 18.8 Å². The molecule has 0 bridgehead atoms. The molecule has 0 radical (unpaired) electrons. The van der Waals surface area contributed by atoms with Gasteiger partial charge in [-0.15, -0.1) is 0 Å². The van der Waals surface area contributed by atoms with Gasteiger partial charge in [0.25, 0.3) is 0 Å². The van der Waals surface area contributed by atoms with Gasteiger partial charge < -0.3 is 15.0 Å². The van der Waals surface area contributed by atoms with E-state index < -0.39 is 0 Å². The summed E-state index contributed by atoms with van der Waals surface area (Å²) >= 11 is 0. The minimum atomic E-state index is -0.346. The van der Waals surface area contributed by atoms with Gasteiger partial charge in [-0.25, -0.2) is 9.59 Å². The summed E-state index contributed by atoms with van der Waals surface area (Å²) in [6.45, 7) is 5.23. The number of urea groups is 1. The van der Waals surface area contributed by atoms with Crippen LogP contribution >= 0.6 is 0 Å². The molecular formula is C17H23N3O3. The Hall–Kier alpha value is -2.24. The largest absolute Gasteiger partial charge is 0.447 e. The van der Waals surface area contributed by atoms with Crippen LogP contribution in [0.3, 0.4) is 0 Å². The second-order valence-corrected chi connectivity index (χ2v) is 6.69. The number of benzene rings is 1. The molecule has 6 heteroatoms. The SMILES string of the molecule is C[C@@H](N(C)C(=O)Nc1cccc(N2CCOC2=O)c1)C1(C)CC1. The Morgan fingerprint density at radius 2 is 2.17 bits per heavy atom. The molecule has 3 amide bonds. The van der Waals surface area contributed by atoms with E-state index in [2.05, 4.69) is 19.2 Å². The summed E-state index contributed by atoms with van der Waals surface area (Å²) in [5.74, 6) is 0. The fraction of sp³-hybridized carbons (Fsp3) is 0.529. The highest BCUT2D eigenvalue weighted by Crippen LogP contribution is 2.49. The van der Waals surface area contributed by atoms with Gasteiger partial charge in [-0.1, -0.05) is 13.0 Å². The zero-order chi connectivity index (χ0) is 16.6. The van der Waals surface area contributed by atoms with Crippen molar-refractivity contribution in [3.05, 3.63) is 24.3 Å². The second kappa shape index (κ2) is 5.76. The number of rotatable bonds is 4. The highest BCUT2D eigenvalue weighted by atomic mass is 16.6. The minimum Gasteiger partial charge on any atom is -0.447 e. The van der Waals surface area contributed by atoms with Gasteiger partial charge in [0.05, 0.1) is 6.54 Å². The quantitative estimate of drug-likeness (QED) is 0.927. The first kappa shape index (κ1) is 15.6. The Balaban J connectivity index is 1.68. The van der Waals surface area contributed by atoms with Crippen LogP contribution in [0.1, 0.15) is 26.7 Å². The molecule has 1 aliphatic heterocycles. The van der Waals surface area contributed by atoms with E-state index in [-0.39, 0.29) is 23.6 Å². The van der Waals surface area contributed by atoms with Crippen molar-refractivity contribution in [1.29, 1.82) is 0 Å². The molecule has 1 heterocycles. The van der Waals surface area contributed by atoms with E-state index >= 15 is 0 Å². The predicted molar refractivity (Wildman–Crippen MR) is 88.7 cm³/mol. The number of ether oxygens (including phenoxy) is 1. The van der Waals surface area contributed by atoms with Crippen LogP contribution in [0.5, 0.6) is 0 Å². The zero-order valence-electron chi connectivity index (χ0n) is 13.8. The van der Waals surface area contributed by atoms with Crippen LogP contribution in [0, 0.1) is 5.41 Å². The Labute approximate surface area is 136 Å². The molecule has 23 heavy (non-hydrogen) atoms. The van der Waals surface area contributed by atoms with Crippen LogP contribution in [0.4, 0.5) is 21.0 Å². The first-order valence-electron chi connectivity index (χ1n) is 7.99. The third kappa shape index (κ3) is 3.11. The zero-order valence-corrected chi connectivity index (χ0v) is 13.8. The lowest BCUT2D eigenvalue weighted by Gasteiger charge is -2.30. The van der Waals surface area contributed by atoms with E-state index in [1.165, 1.54) is 12.8 Å². The van der Waals surface area contributed by atoms with Crippen molar-refractivity contribution >= 4 is 23.5 Å². The molecule has 1 N–H and O–H groups in total. The average molecular weight is 317 g/mol.